The van der Waals surface area contributed by atoms with Gasteiger partial charge in [-0.3, -0.25) is 4.99 Å². The summed E-state index contributed by atoms with van der Waals surface area (Å²) in [6, 6.07) is 0.338. The molecule has 3 N–H and O–H groups in total. The van der Waals surface area contributed by atoms with Crippen molar-refractivity contribution in [2.75, 3.05) is 26.4 Å². The number of aliphatic imine (C=N–C) groups is 1. The molecule has 1 atom stereocenters. The van der Waals surface area contributed by atoms with Crippen LogP contribution in [0.1, 0.15) is 27.2 Å². The maximum absolute atomic E-state index is 10.8. The summed E-state index contributed by atoms with van der Waals surface area (Å²) in [5.41, 5.74) is 0. The molecule has 0 aromatic carbocycles. The molecule has 0 amide bonds. The molecule has 0 aliphatic heterocycles. The molecule has 116 valence electrons. The lowest BCUT2D eigenvalue weighted by Crippen LogP contribution is -2.44. The Morgan fingerprint density at radius 1 is 1.21 bits per heavy atom. The molecule has 0 fully saturated rings. The number of hydrogen-bond donors (Lipinski definition) is 3. The van der Waals surface area contributed by atoms with E-state index in [1.807, 2.05) is 0 Å². The molecular formula is C11H27IN4O2S. The van der Waals surface area contributed by atoms with Crippen LogP contribution in [0, 0.1) is 5.92 Å². The van der Waals surface area contributed by atoms with Crippen molar-refractivity contribution in [1.82, 2.24) is 15.4 Å². The van der Waals surface area contributed by atoms with Gasteiger partial charge in [-0.2, -0.15) is 0 Å². The van der Waals surface area contributed by atoms with Gasteiger partial charge in [-0.1, -0.05) is 13.8 Å². The second-order valence-corrected chi connectivity index (χ2v) is 6.53. The Morgan fingerprint density at radius 2 is 1.79 bits per heavy atom. The molecule has 0 rings (SSSR count). The third kappa shape index (κ3) is 12.7. The van der Waals surface area contributed by atoms with Crippen molar-refractivity contribution in [2.45, 2.75) is 33.2 Å². The first-order valence-corrected chi connectivity index (χ1v) is 8.07. The Balaban J connectivity index is 0. The Hall–Kier alpha value is -0.0900. The number of nitrogens with zero attached hydrogens (tertiary/aromatic N) is 1. The summed E-state index contributed by atoms with van der Waals surface area (Å²) >= 11 is 0. The van der Waals surface area contributed by atoms with Gasteiger partial charge in [-0.05, 0) is 19.3 Å². The minimum atomic E-state index is -3.08. The fraction of sp³-hybridized carbons (Fsp3) is 0.909. The Labute approximate surface area is 134 Å². The minimum absolute atomic E-state index is 0. The first-order valence-electron chi connectivity index (χ1n) is 6.18. The van der Waals surface area contributed by atoms with Crippen LogP contribution in [0.2, 0.25) is 0 Å². The zero-order valence-corrected chi connectivity index (χ0v) is 15.5. The molecule has 0 saturated carbocycles. The molecule has 6 nitrogen and oxygen atoms in total. The zero-order valence-electron chi connectivity index (χ0n) is 12.4. The van der Waals surface area contributed by atoms with E-state index in [1.54, 1.807) is 7.05 Å². The smallest absolute Gasteiger partial charge is 0.208 e. The quantitative estimate of drug-likeness (QED) is 0.252. The summed E-state index contributed by atoms with van der Waals surface area (Å²) in [5.74, 6) is 1.27. The normalized spacial score (nSPS) is 13.9. The van der Waals surface area contributed by atoms with Crippen molar-refractivity contribution < 1.29 is 8.42 Å². The highest BCUT2D eigenvalue weighted by Crippen LogP contribution is 1.98. The SMILES string of the molecule is CN=C(NCCCNS(C)(=O)=O)NC(C)C(C)C.I. The van der Waals surface area contributed by atoms with Crippen LogP contribution in [0.3, 0.4) is 0 Å². The molecule has 0 aromatic heterocycles. The lowest BCUT2D eigenvalue weighted by molar-refractivity contribution is 0.480. The van der Waals surface area contributed by atoms with E-state index in [0.29, 0.717) is 31.5 Å². The van der Waals surface area contributed by atoms with Gasteiger partial charge in [0, 0.05) is 26.2 Å². The summed E-state index contributed by atoms with van der Waals surface area (Å²) in [6.45, 7) is 7.49. The van der Waals surface area contributed by atoms with Gasteiger partial charge in [0.1, 0.15) is 0 Å². The number of nitrogens with one attached hydrogen (secondary N) is 3. The fourth-order valence-corrected chi connectivity index (χ4v) is 1.64. The molecule has 0 radical (unpaired) electrons. The summed E-state index contributed by atoms with van der Waals surface area (Å²) in [7, 11) is -1.36. The number of guanidine groups is 1. The van der Waals surface area contributed by atoms with Crippen LogP contribution in [0.5, 0.6) is 0 Å². The largest absolute Gasteiger partial charge is 0.356 e. The van der Waals surface area contributed by atoms with Crippen molar-refractivity contribution in [1.29, 1.82) is 0 Å². The number of sulfonamides is 1. The van der Waals surface area contributed by atoms with Crippen molar-refractivity contribution in [2.24, 2.45) is 10.9 Å². The third-order valence-corrected chi connectivity index (χ3v) is 3.33. The molecule has 0 bridgehead atoms. The van der Waals surface area contributed by atoms with Gasteiger partial charge in [0.25, 0.3) is 0 Å². The standard InChI is InChI=1S/C11H26N4O2S.HI/c1-9(2)10(3)15-11(12-4)13-7-6-8-14-18(5,16)17;/h9-10,14H,6-8H2,1-5H3,(H2,12,13,15);1H. The Bertz CT molecular complexity index is 358. The molecular weight excluding hydrogens is 379 g/mol. The van der Waals surface area contributed by atoms with E-state index in [0.717, 1.165) is 12.2 Å². The monoisotopic (exact) mass is 406 g/mol. The lowest BCUT2D eigenvalue weighted by atomic mass is 10.1. The molecule has 0 aromatic rings. The first kappa shape index (κ1) is 21.2. The highest BCUT2D eigenvalue weighted by atomic mass is 127. The predicted molar refractivity (Wildman–Crippen MR) is 91.7 cm³/mol. The number of rotatable bonds is 7. The van der Waals surface area contributed by atoms with Crippen molar-refractivity contribution in [3.63, 3.8) is 0 Å². The minimum Gasteiger partial charge on any atom is -0.356 e. The van der Waals surface area contributed by atoms with E-state index in [2.05, 4.69) is 41.1 Å². The van der Waals surface area contributed by atoms with Crippen LogP contribution in [0.4, 0.5) is 0 Å². The first-order chi connectivity index (χ1) is 8.26. The maximum Gasteiger partial charge on any atom is 0.208 e. The van der Waals surface area contributed by atoms with Crippen LogP contribution in [-0.4, -0.2) is 46.8 Å². The molecule has 8 heteroatoms. The third-order valence-electron chi connectivity index (χ3n) is 2.60. The summed E-state index contributed by atoms with van der Waals surface area (Å²) in [4.78, 5) is 4.11. The predicted octanol–water partition coefficient (Wildman–Crippen LogP) is 0.753. The van der Waals surface area contributed by atoms with Crippen LogP contribution in [0.15, 0.2) is 4.99 Å². The maximum atomic E-state index is 10.8. The van der Waals surface area contributed by atoms with Crippen LogP contribution >= 0.6 is 24.0 Å². The van der Waals surface area contributed by atoms with Gasteiger partial charge in [0.15, 0.2) is 5.96 Å². The Morgan fingerprint density at radius 3 is 2.21 bits per heavy atom. The van der Waals surface area contributed by atoms with Crippen molar-refractivity contribution in [3.05, 3.63) is 0 Å². The topological polar surface area (TPSA) is 82.6 Å². The van der Waals surface area contributed by atoms with E-state index >= 15 is 0 Å². The highest BCUT2D eigenvalue weighted by Gasteiger charge is 2.08. The fourth-order valence-electron chi connectivity index (χ4n) is 1.13. The summed E-state index contributed by atoms with van der Waals surface area (Å²) in [5, 5.41) is 6.42. The van der Waals surface area contributed by atoms with Gasteiger partial charge in [0.05, 0.1) is 6.26 Å². The molecule has 0 aliphatic rings. The van der Waals surface area contributed by atoms with Crippen molar-refractivity contribution in [3.8, 4) is 0 Å². The molecule has 0 saturated heterocycles. The van der Waals surface area contributed by atoms with Gasteiger partial charge in [-0.25, -0.2) is 13.1 Å². The van der Waals surface area contributed by atoms with Crippen LogP contribution in [-0.2, 0) is 10.0 Å². The number of halogens is 1. The van der Waals surface area contributed by atoms with Crippen LogP contribution < -0.4 is 15.4 Å². The zero-order chi connectivity index (χ0) is 14.2. The van der Waals surface area contributed by atoms with Gasteiger partial charge < -0.3 is 10.6 Å². The highest BCUT2D eigenvalue weighted by molar-refractivity contribution is 14.0. The second-order valence-electron chi connectivity index (χ2n) is 4.70. The van der Waals surface area contributed by atoms with E-state index in [-0.39, 0.29) is 24.0 Å². The van der Waals surface area contributed by atoms with Crippen molar-refractivity contribution >= 4 is 40.0 Å². The summed E-state index contributed by atoms with van der Waals surface area (Å²) in [6.07, 6.45) is 1.87. The number of hydrogen-bond acceptors (Lipinski definition) is 3. The average molecular weight is 406 g/mol. The molecule has 1 unspecified atom stereocenters. The Kier molecular flexibility index (Phi) is 11.9. The molecule has 0 aliphatic carbocycles. The van der Waals surface area contributed by atoms with Gasteiger partial charge in [0.2, 0.25) is 10.0 Å². The van der Waals surface area contributed by atoms with E-state index in [4.69, 9.17) is 0 Å². The average Bonchev–Trinajstić information content (AvgIpc) is 2.25. The lowest BCUT2D eigenvalue weighted by Gasteiger charge is -2.20. The molecule has 0 spiro atoms. The van der Waals surface area contributed by atoms with E-state index < -0.39 is 10.0 Å². The van der Waals surface area contributed by atoms with E-state index in [9.17, 15) is 8.42 Å². The van der Waals surface area contributed by atoms with Crippen LogP contribution in [0.25, 0.3) is 0 Å². The van der Waals surface area contributed by atoms with Gasteiger partial charge in [-0.15, -0.1) is 24.0 Å². The van der Waals surface area contributed by atoms with Gasteiger partial charge >= 0.3 is 0 Å². The second kappa shape index (κ2) is 10.7. The molecule has 19 heavy (non-hydrogen) atoms. The molecule has 0 heterocycles. The summed E-state index contributed by atoms with van der Waals surface area (Å²) < 4.78 is 24.1. The van der Waals surface area contributed by atoms with E-state index in [1.165, 1.54) is 0 Å².